The van der Waals surface area contributed by atoms with Gasteiger partial charge < -0.3 is 5.32 Å². The van der Waals surface area contributed by atoms with Crippen LogP contribution < -0.4 is 10.0 Å². The van der Waals surface area contributed by atoms with E-state index in [2.05, 4.69) is 10.0 Å². The second-order valence-electron chi connectivity index (χ2n) is 5.13. The quantitative estimate of drug-likeness (QED) is 0.812. The fourth-order valence-corrected chi connectivity index (χ4v) is 3.16. The predicted octanol–water partition coefficient (Wildman–Crippen LogP) is 2.32. The summed E-state index contributed by atoms with van der Waals surface area (Å²) in [6, 6.07) is 3.16. The molecule has 0 fully saturated rings. The van der Waals surface area contributed by atoms with E-state index in [1.54, 1.807) is 0 Å². The van der Waals surface area contributed by atoms with E-state index in [0.29, 0.717) is 25.1 Å². The summed E-state index contributed by atoms with van der Waals surface area (Å²) in [5.41, 5.74) is 0.778. The highest BCUT2D eigenvalue weighted by molar-refractivity contribution is 7.89. The minimum Gasteiger partial charge on any atom is -0.310 e. The highest BCUT2D eigenvalue weighted by Gasteiger charge is 2.19. The third kappa shape index (κ3) is 4.54. The molecule has 20 heavy (non-hydrogen) atoms. The largest absolute Gasteiger partial charge is 0.310 e. The average molecular weight is 302 g/mol. The Balaban J connectivity index is 3.12. The first-order valence-electron chi connectivity index (χ1n) is 6.80. The van der Waals surface area contributed by atoms with Crippen molar-refractivity contribution in [3.05, 3.63) is 29.1 Å². The van der Waals surface area contributed by atoms with Gasteiger partial charge in [0.15, 0.2) is 0 Å². The maximum Gasteiger partial charge on any atom is 0.240 e. The Bertz CT molecular complexity index is 557. The van der Waals surface area contributed by atoms with Crippen molar-refractivity contribution in [2.24, 2.45) is 0 Å². The lowest BCUT2D eigenvalue weighted by Crippen LogP contribution is -2.26. The molecular formula is C14H23FN2O2S. The van der Waals surface area contributed by atoms with Gasteiger partial charge in [-0.1, -0.05) is 20.8 Å². The summed E-state index contributed by atoms with van der Waals surface area (Å²) in [6.45, 7) is 8.09. The third-order valence-corrected chi connectivity index (χ3v) is 4.49. The first-order valence-corrected chi connectivity index (χ1v) is 8.28. The number of hydrogen-bond acceptors (Lipinski definition) is 3. The molecule has 2 N–H and O–H groups in total. The Morgan fingerprint density at radius 2 is 1.95 bits per heavy atom. The minimum absolute atomic E-state index is 0.0199. The van der Waals surface area contributed by atoms with Crippen LogP contribution >= 0.6 is 0 Å². The minimum atomic E-state index is -3.65. The van der Waals surface area contributed by atoms with Gasteiger partial charge >= 0.3 is 0 Å². The molecule has 0 aliphatic carbocycles. The van der Waals surface area contributed by atoms with E-state index in [9.17, 15) is 12.8 Å². The smallest absolute Gasteiger partial charge is 0.240 e. The topological polar surface area (TPSA) is 58.2 Å². The van der Waals surface area contributed by atoms with E-state index in [0.717, 1.165) is 0 Å². The number of halogens is 1. The highest BCUT2D eigenvalue weighted by Crippen LogP contribution is 2.20. The van der Waals surface area contributed by atoms with Gasteiger partial charge in [0, 0.05) is 24.7 Å². The highest BCUT2D eigenvalue weighted by atomic mass is 32.2. The Morgan fingerprint density at radius 1 is 1.30 bits per heavy atom. The van der Waals surface area contributed by atoms with Gasteiger partial charge in [0.2, 0.25) is 10.0 Å². The molecule has 0 spiro atoms. The zero-order chi connectivity index (χ0) is 15.3. The van der Waals surface area contributed by atoms with Crippen molar-refractivity contribution in [1.82, 2.24) is 10.0 Å². The van der Waals surface area contributed by atoms with Gasteiger partial charge in [-0.2, -0.15) is 0 Å². The number of rotatable bonds is 7. The monoisotopic (exact) mass is 302 g/mol. The molecule has 0 aliphatic heterocycles. The molecule has 0 amide bonds. The molecule has 0 bridgehead atoms. The van der Waals surface area contributed by atoms with Gasteiger partial charge in [-0.3, -0.25) is 0 Å². The fourth-order valence-electron chi connectivity index (χ4n) is 1.72. The van der Waals surface area contributed by atoms with E-state index in [-0.39, 0.29) is 16.5 Å². The predicted molar refractivity (Wildman–Crippen MR) is 78.6 cm³/mol. The van der Waals surface area contributed by atoms with Crippen LogP contribution in [0, 0.1) is 12.7 Å². The van der Waals surface area contributed by atoms with E-state index in [4.69, 9.17) is 0 Å². The second-order valence-corrected chi connectivity index (χ2v) is 6.87. The molecule has 114 valence electrons. The van der Waals surface area contributed by atoms with Crippen LogP contribution in [-0.4, -0.2) is 21.0 Å². The van der Waals surface area contributed by atoms with Crippen LogP contribution in [0.5, 0.6) is 0 Å². The maximum absolute atomic E-state index is 13.9. The van der Waals surface area contributed by atoms with Gasteiger partial charge in [-0.25, -0.2) is 17.5 Å². The van der Waals surface area contributed by atoms with Crippen LogP contribution in [0.2, 0.25) is 0 Å². The Labute approximate surface area is 120 Å². The molecule has 0 unspecified atom stereocenters. The molecule has 4 nitrogen and oxygen atoms in total. The van der Waals surface area contributed by atoms with Crippen LogP contribution in [0.4, 0.5) is 4.39 Å². The summed E-state index contributed by atoms with van der Waals surface area (Å²) in [5, 5.41) is 3.15. The summed E-state index contributed by atoms with van der Waals surface area (Å²) >= 11 is 0. The van der Waals surface area contributed by atoms with E-state index < -0.39 is 15.8 Å². The lowest BCUT2D eigenvalue weighted by molar-refractivity contribution is 0.565. The molecular weight excluding hydrogens is 279 g/mol. The van der Waals surface area contributed by atoms with Crippen molar-refractivity contribution in [2.75, 3.05) is 6.54 Å². The van der Waals surface area contributed by atoms with E-state index in [1.807, 2.05) is 20.8 Å². The van der Waals surface area contributed by atoms with Crippen molar-refractivity contribution < 1.29 is 12.8 Å². The fraction of sp³-hybridized carbons (Fsp3) is 0.571. The molecule has 0 aliphatic rings. The number of sulfonamides is 1. The standard InChI is InChI=1S/C14H23FN2O2S/c1-5-6-17-20(18,19)14-8-12(9-16-10(2)3)7-13(15)11(14)4/h7-8,10,16-17H,5-6,9H2,1-4H3. The molecule has 0 heterocycles. The molecule has 1 aromatic rings. The molecule has 1 rings (SSSR count). The summed E-state index contributed by atoms with van der Waals surface area (Å²) < 4.78 is 40.7. The van der Waals surface area contributed by atoms with Crippen molar-refractivity contribution in [3.8, 4) is 0 Å². The summed E-state index contributed by atoms with van der Waals surface area (Å²) in [4.78, 5) is 0.0199. The van der Waals surface area contributed by atoms with Gasteiger partial charge in [0.1, 0.15) is 5.82 Å². The van der Waals surface area contributed by atoms with Crippen molar-refractivity contribution >= 4 is 10.0 Å². The van der Waals surface area contributed by atoms with Gasteiger partial charge in [-0.15, -0.1) is 0 Å². The zero-order valence-electron chi connectivity index (χ0n) is 12.5. The Morgan fingerprint density at radius 3 is 2.50 bits per heavy atom. The molecule has 0 atom stereocenters. The number of hydrogen-bond donors (Lipinski definition) is 2. The first-order chi connectivity index (χ1) is 9.27. The van der Waals surface area contributed by atoms with Crippen LogP contribution in [-0.2, 0) is 16.6 Å². The normalized spacial score (nSPS) is 12.1. The first kappa shape index (κ1) is 17.1. The van der Waals surface area contributed by atoms with Crippen LogP contribution in [0.15, 0.2) is 17.0 Å². The van der Waals surface area contributed by atoms with Gasteiger partial charge in [-0.05, 0) is 31.0 Å². The molecule has 0 saturated carbocycles. The van der Waals surface area contributed by atoms with Gasteiger partial charge in [0.05, 0.1) is 4.90 Å². The molecule has 0 aromatic heterocycles. The lowest BCUT2D eigenvalue weighted by atomic mass is 10.1. The summed E-state index contributed by atoms with van der Waals surface area (Å²) in [7, 11) is -3.65. The Hall–Kier alpha value is -0.980. The van der Waals surface area contributed by atoms with Crippen LogP contribution in [0.1, 0.15) is 38.3 Å². The molecule has 0 radical (unpaired) electrons. The van der Waals surface area contributed by atoms with E-state index >= 15 is 0 Å². The second kappa shape index (κ2) is 7.15. The van der Waals surface area contributed by atoms with Gasteiger partial charge in [0.25, 0.3) is 0 Å². The lowest BCUT2D eigenvalue weighted by Gasteiger charge is -2.13. The van der Waals surface area contributed by atoms with E-state index in [1.165, 1.54) is 19.1 Å². The SMILES string of the molecule is CCCNS(=O)(=O)c1cc(CNC(C)C)cc(F)c1C. The third-order valence-electron chi connectivity index (χ3n) is 2.90. The molecule has 1 aromatic carbocycles. The zero-order valence-corrected chi connectivity index (χ0v) is 13.3. The van der Waals surface area contributed by atoms with Crippen molar-refractivity contribution in [1.29, 1.82) is 0 Å². The van der Waals surface area contributed by atoms with Crippen molar-refractivity contribution in [2.45, 2.75) is 51.6 Å². The molecule has 6 heteroatoms. The Kier molecular flexibility index (Phi) is 6.10. The average Bonchev–Trinajstić information content (AvgIpc) is 2.37. The van der Waals surface area contributed by atoms with Crippen LogP contribution in [0.25, 0.3) is 0 Å². The van der Waals surface area contributed by atoms with Crippen molar-refractivity contribution in [3.63, 3.8) is 0 Å². The summed E-state index contributed by atoms with van der Waals surface area (Å²) in [5.74, 6) is -0.495. The van der Waals surface area contributed by atoms with Crippen LogP contribution in [0.3, 0.4) is 0 Å². The molecule has 0 saturated heterocycles. The number of nitrogens with one attached hydrogen (secondary N) is 2. The summed E-state index contributed by atoms with van der Waals surface area (Å²) in [6.07, 6.45) is 0.690. The number of benzene rings is 1. The maximum atomic E-state index is 13.9.